The topological polar surface area (TPSA) is 92.1 Å². The lowest BCUT2D eigenvalue weighted by molar-refractivity contribution is 0.660. The molecule has 0 radical (unpaired) electrons. The van der Waals surface area contributed by atoms with Gasteiger partial charge >= 0.3 is 0 Å². The Balaban J connectivity index is 0.000000103. The lowest BCUT2D eigenvalue weighted by Gasteiger charge is -2.22. The number of rotatable bonds is 9. The summed E-state index contributed by atoms with van der Waals surface area (Å²) in [4.78, 5) is 31.2. The predicted octanol–water partition coefficient (Wildman–Crippen LogP) is 37.1. The van der Waals surface area contributed by atoms with Gasteiger partial charge in [0.05, 0.1) is 61.0 Å². The van der Waals surface area contributed by atoms with Gasteiger partial charge in [0.25, 0.3) is 0 Å². The summed E-state index contributed by atoms with van der Waals surface area (Å²) in [7, 11) is 0. The van der Waals surface area contributed by atoms with Crippen molar-refractivity contribution in [2.75, 3.05) is 0 Å². The molecule has 0 amide bonds. The minimum atomic E-state index is -0.108. The van der Waals surface area contributed by atoms with Gasteiger partial charge in [-0.2, -0.15) is 0 Å². The molecule has 31 aromatic rings. The van der Waals surface area contributed by atoms with Crippen molar-refractivity contribution >= 4 is 225 Å². The number of nitrogens with zero attached hydrogens (tertiary/aromatic N) is 9. The van der Waals surface area contributed by atoms with Gasteiger partial charge in [-0.25, -0.2) is 29.9 Å². The Morgan fingerprint density at radius 2 is 0.558 bits per heavy atom. The number of thiophene rings is 3. The third kappa shape index (κ3) is 13.6. The van der Waals surface area contributed by atoms with Crippen molar-refractivity contribution in [3.05, 3.63) is 478 Å². The van der Waals surface area contributed by atoms with E-state index in [1.807, 2.05) is 58.4 Å². The minimum Gasteiger partial charge on any atom is -0.278 e. The highest BCUT2D eigenvalue weighted by atomic mass is 32.1. The smallest absolute Gasteiger partial charge is 0.235 e. The molecule has 0 unspecified atom stereocenters. The molecule has 0 spiro atoms. The monoisotopic (exact) mass is 1930 g/mol. The molecule has 0 atom stereocenters. The van der Waals surface area contributed by atoms with Crippen LogP contribution in [0.3, 0.4) is 0 Å². The minimum absolute atomic E-state index is 0.108. The van der Waals surface area contributed by atoms with Gasteiger partial charge in [0.2, 0.25) is 17.8 Å². The molecule has 9 heterocycles. The number of para-hydroxylation sites is 6. The molecule has 12 heteroatoms. The summed E-state index contributed by atoms with van der Waals surface area (Å²) in [6.07, 6.45) is 1.92. The average molecular weight is 1930 g/mol. The summed E-state index contributed by atoms with van der Waals surface area (Å²) in [6.45, 7) is 4.67. The SMILES string of the molecule is CC1(C)c2ccccc2-c2ccc(-c3nc(-n4c5ccccc5c5c6cc(-c7ccc8sc9ccccc9c8c7)ccc6ccc54)nc4ccccc34)cc21.c1ccc(-c2cccc(-c3nc(-n4c5ccccc5c5c6cc(-c7ccc8sc9ccccc9c8c7)ccc6ccc54)nc4ccccc34)c2)cc1.c1ccc2nc(-n3c4ccccc4c4c5cc(-c6cccc7c6sc6ccccc67)ccc5ccc43)ncc2c1. The highest BCUT2D eigenvalue weighted by molar-refractivity contribution is 7.27. The molecular formula is C135H83N9S3. The Morgan fingerprint density at radius 1 is 0.197 bits per heavy atom. The summed E-state index contributed by atoms with van der Waals surface area (Å²) in [5.41, 5.74) is 28.3. The average Bonchev–Trinajstić information content (AvgIpc) is 1.58. The molecular weight excluding hydrogens is 1840 g/mol. The van der Waals surface area contributed by atoms with Gasteiger partial charge in [0.1, 0.15) is 0 Å². The number of hydrogen-bond acceptors (Lipinski definition) is 9. The van der Waals surface area contributed by atoms with E-state index in [1.165, 1.54) is 186 Å². The van der Waals surface area contributed by atoms with Crippen LogP contribution in [0.5, 0.6) is 0 Å². The molecule has 1 aliphatic rings. The molecule has 9 nitrogen and oxygen atoms in total. The van der Waals surface area contributed by atoms with Crippen molar-refractivity contribution in [1.82, 2.24) is 43.6 Å². The lowest BCUT2D eigenvalue weighted by Crippen LogP contribution is -2.15. The number of hydrogen-bond donors (Lipinski definition) is 0. The Labute approximate surface area is 855 Å². The molecule has 32 rings (SSSR count). The van der Waals surface area contributed by atoms with Crippen LogP contribution in [-0.4, -0.2) is 43.6 Å². The van der Waals surface area contributed by atoms with Gasteiger partial charge in [-0.05, 0) is 226 Å². The fourth-order valence-corrected chi connectivity index (χ4v) is 26.9. The first-order valence-corrected chi connectivity index (χ1v) is 52.4. The molecule has 0 bridgehead atoms. The van der Waals surface area contributed by atoms with Gasteiger partial charge in [0.15, 0.2) is 0 Å². The van der Waals surface area contributed by atoms with Crippen LogP contribution in [0, 0.1) is 0 Å². The third-order valence-corrected chi connectivity index (χ3v) is 34.0. The lowest BCUT2D eigenvalue weighted by atomic mass is 9.82. The van der Waals surface area contributed by atoms with E-state index in [0.717, 1.165) is 93.9 Å². The van der Waals surface area contributed by atoms with Gasteiger partial charge in [-0.15, -0.1) is 34.0 Å². The van der Waals surface area contributed by atoms with Crippen LogP contribution in [0.15, 0.2) is 467 Å². The van der Waals surface area contributed by atoms with E-state index in [4.69, 9.17) is 29.9 Å². The maximum absolute atomic E-state index is 5.48. The second-order valence-corrected chi connectivity index (χ2v) is 42.2. The molecule has 0 saturated heterocycles. The molecule has 0 fully saturated rings. The van der Waals surface area contributed by atoms with Gasteiger partial charge in [-0.1, -0.05) is 347 Å². The van der Waals surface area contributed by atoms with Crippen LogP contribution >= 0.6 is 34.0 Å². The summed E-state index contributed by atoms with van der Waals surface area (Å²) < 4.78 is 14.7. The van der Waals surface area contributed by atoms with Crippen LogP contribution in [0.2, 0.25) is 0 Å². The zero-order valence-electron chi connectivity index (χ0n) is 79.7. The second kappa shape index (κ2) is 33.4. The van der Waals surface area contributed by atoms with Crippen molar-refractivity contribution in [2.24, 2.45) is 0 Å². The maximum Gasteiger partial charge on any atom is 0.235 e. The van der Waals surface area contributed by atoms with Crippen LogP contribution < -0.4 is 0 Å². The van der Waals surface area contributed by atoms with Crippen LogP contribution in [-0.2, 0) is 5.41 Å². The summed E-state index contributed by atoms with van der Waals surface area (Å²) in [5, 5.41) is 25.6. The van der Waals surface area contributed by atoms with Crippen LogP contribution in [0.25, 0.3) is 287 Å². The van der Waals surface area contributed by atoms with Crippen LogP contribution in [0.4, 0.5) is 0 Å². The Hall–Kier alpha value is -18.3. The fraction of sp³-hybridized carbons (Fsp3) is 0.0222. The van der Waals surface area contributed by atoms with Gasteiger partial charge in [-0.3, -0.25) is 13.7 Å². The molecule has 0 N–H and O–H groups in total. The molecule has 22 aromatic carbocycles. The van der Waals surface area contributed by atoms with E-state index in [1.54, 1.807) is 0 Å². The highest BCUT2D eigenvalue weighted by Gasteiger charge is 2.36. The van der Waals surface area contributed by atoms with E-state index >= 15 is 0 Å². The number of benzene rings is 22. The van der Waals surface area contributed by atoms with Crippen molar-refractivity contribution in [3.8, 4) is 96.0 Å². The normalized spacial score (nSPS) is 12.5. The maximum atomic E-state index is 5.48. The summed E-state index contributed by atoms with van der Waals surface area (Å²) in [6, 6.07) is 166. The Bertz CT molecular complexity index is 11000. The van der Waals surface area contributed by atoms with Crippen molar-refractivity contribution in [1.29, 1.82) is 0 Å². The summed E-state index contributed by atoms with van der Waals surface area (Å²) >= 11 is 5.59. The first-order chi connectivity index (χ1) is 72.6. The van der Waals surface area contributed by atoms with E-state index < -0.39 is 0 Å². The second-order valence-electron chi connectivity index (χ2n) is 39.0. The Morgan fingerprint density at radius 3 is 1.12 bits per heavy atom. The number of fused-ring (bicyclic) bond motifs is 30. The molecule has 686 valence electrons. The van der Waals surface area contributed by atoms with E-state index in [-0.39, 0.29) is 5.41 Å². The van der Waals surface area contributed by atoms with Crippen LogP contribution in [0.1, 0.15) is 25.0 Å². The molecule has 0 saturated carbocycles. The summed E-state index contributed by atoms with van der Waals surface area (Å²) in [5.74, 6) is 2.03. The standard InChI is InChI=1S/C51H33N3S.C48H29N3S.C36H21N3S/c1-51(2)41-15-7-3-11-34(41)35-24-21-33(29-42(35)51)49-37-13-4-8-16-43(37)52-50(53-49)54-44-17-9-5-14-38(44)48-39-27-31(20-19-30(39)22-25-45(48)54)32-23-26-47-40(28-32)36-12-6-10-18-46(36)55-47;1-2-11-30(12-3-1)32-13-10-14-35(27-32)47-37-16-4-7-18-41(37)49-48(50-47)51-42-19-8-5-17-38(42)46-39-28-33(22-21-31(39)23-25-43(46)51)34-24-26-45-40(29-34)36-15-6-9-20-44(36)52-45;1-4-13-30-24(8-1)21-37-36(38-30)39-31-14-5-2-10-28(31)34-29-20-23(17-16-22(29)18-19-32(34)39)25-11-7-12-27-26-9-3-6-15-33(26)40-35(25)27/h3-29H,1-2H3;1-29H;1-21H. The van der Waals surface area contributed by atoms with Crippen molar-refractivity contribution in [2.45, 2.75) is 19.3 Å². The first kappa shape index (κ1) is 84.4. The molecule has 0 aliphatic heterocycles. The van der Waals surface area contributed by atoms with Gasteiger partial charge in [0, 0.05) is 132 Å². The fourth-order valence-electron chi connectivity index (χ4n) is 23.5. The van der Waals surface area contributed by atoms with Gasteiger partial charge < -0.3 is 0 Å². The van der Waals surface area contributed by atoms with Crippen molar-refractivity contribution in [3.63, 3.8) is 0 Å². The largest absolute Gasteiger partial charge is 0.278 e. The first-order valence-electron chi connectivity index (χ1n) is 49.9. The van der Waals surface area contributed by atoms with E-state index in [2.05, 4.69) is 470 Å². The van der Waals surface area contributed by atoms with Crippen molar-refractivity contribution < 1.29 is 0 Å². The predicted molar refractivity (Wildman–Crippen MR) is 623 cm³/mol. The zero-order chi connectivity index (χ0) is 96.8. The zero-order valence-corrected chi connectivity index (χ0v) is 82.2. The molecule has 147 heavy (non-hydrogen) atoms. The molecule has 9 aromatic heterocycles. The third-order valence-electron chi connectivity index (χ3n) is 30.5. The van der Waals surface area contributed by atoms with E-state index in [9.17, 15) is 0 Å². The Kier molecular flexibility index (Phi) is 19.2. The quantitative estimate of drug-likeness (QED) is 0.143. The highest BCUT2D eigenvalue weighted by Crippen LogP contribution is 2.53. The number of aromatic nitrogens is 9. The molecule has 1 aliphatic carbocycles. The van der Waals surface area contributed by atoms with E-state index in [0.29, 0.717) is 17.8 Å².